The number of hydrogen-bond donors (Lipinski definition) is 0. The molecule has 4 nitrogen and oxygen atoms in total. The summed E-state index contributed by atoms with van der Waals surface area (Å²) in [5, 5.41) is 8.92. The van der Waals surface area contributed by atoms with Gasteiger partial charge in [-0.15, -0.1) is 10.2 Å². The molecule has 0 atom stereocenters. The number of rotatable bonds is 3. The minimum Gasteiger partial charge on any atom is -0.355 e. The fourth-order valence-electron chi connectivity index (χ4n) is 3.00. The molecule has 1 fully saturated rings. The number of aromatic nitrogens is 3. The molecule has 0 aliphatic carbocycles. The number of anilines is 1. The highest BCUT2D eigenvalue weighted by Crippen LogP contribution is 2.31. The van der Waals surface area contributed by atoms with Crippen LogP contribution in [-0.4, -0.2) is 28.3 Å². The highest BCUT2D eigenvalue weighted by Gasteiger charge is 2.21. The summed E-state index contributed by atoms with van der Waals surface area (Å²) < 4.78 is 1.01. The summed E-state index contributed by atoms with van der Waals surface area (Å²) >= 11 is 3.51. The van der Waals surface area contributed by atoms with Gasteiger partial charge in [0.15, 0.2) is 11.6 Å². The standard InChI is InChI=1S/C19H17BrN4/c20-16-10-6-9-15(13-16)18-21-19(24-11-4-5-12-24)17(22-23-18)14-7-2-1-3-8-14/h1-3,6-10,13H,4-5,11-12H2. The third-order valence-corrected chi connectivity index (χ3v) is 4.70. The van der Waals surface area contributed by atoms with Gasteiger partial charge < -0.3 is 4.90 Å². The van der Waals surface area contributed by atoms with Crippen LogP contribution >= 0.6 is 15.9 Å². The SMILES string of the molecule is Brc1cccc(-c2nnc(-c3ccccc3)c(N3CCCC3)n2)c1. The summed E-state index contributed by atoms with van der Waals surface area (Å²) in [5.74, 6) is 1.60. The van der Waals surface area contributed by atoms with E-state index >= 15 is 0 Å². The van der Waals surface area contributed by atoms with Crippen LogP contribution in [0.2, 0.25) is 0 Å². The molecule has 2 aromatic carbocycles. The molecule has 0 radical (unpaired) electrons. The minimum atomic E-state index is 0.665. The molecule has 1 aliphatic heterocycles. The van der Waals surface area contributed by atoms with E-state index in [4.69, 9.17) is 4.98 Å². The van der Waals surface area contributed by atoms with Gasteiger partial charge in [0.2, 0.25) is 0 Å². The van der Waals surface area contributed by atoms with Gasteiger partial charge in [0.25, 0.3) is 0 Å². The highest BCUT2D eigenvalue weighted by atomic mass is 79.9. The van der Waals surface area contributed by atoms with Crippen LogP contribution in [0, 0.1) is 0 Å². The second-order valence-electron chi connectivity index (χ2n) is 5.88. The van der Waals surface area contributed by atoms with E-state index in [0.29, 0.717) is 5.82 Å². The molecule has 0 spiro atoms. The first-order valence-corrected chi connectivity index (χ1v) is 8.91. The maximum absolute atomic E-state index is 4.87. The molecule has 4 rings (SSSR count). The summed E-state index contributed by atoms with van der Waals surface area (Å²) in [5.41, 5.74) is 2.88. The van der Waals surface area contributed by atoms with Crippen molar-refractivity contribution in [2.75, 3.05) is 18.0 Å². The van der Waals surface area contributed by atoms with Crippen molar-refractivity contribution >= 4 is 21.7 Å². The Hall–Kier alpha value is -2.27. The molecule has 3 aromatic rings. The second kappa shape index (κ2) is 6.69. The normalized spacial score (nSPS) is 14.1. The Bertz CT molecular complexity index is 845. The fraction of sp³-hybridized carbons (Fsp3) is 0.211. The Morgan fingerprint density at radius 2 is 1.58 bits per heavy atom. The van der Waals surface area contributed by atoms with Gasteiger partial charge >= 0.3 is 0 Å². The molecular formula is C19H17BrN4. The molecule has 0 amide bonds. The first-order valence-electron chi connectivity index (χ1n) is 8.12. The molecule has 1 aliphatic rings. The Morgan fingerprint density at radius 3 is 2.33 bits per heavy atom. The summed E-state index contributed by atoms with van der Waals surface area (Å²) in [6.07, 6.45) is 2.40. The summed E-state index contributed by atoms with van der Waals surface area (Å²) in [6.45, 7) is 2.05. The van der Waals surface area contributed by atoms with Gasteiger partial charge in [0.1, 0.15) is 5.69 Å². The fourth-order valence-corrected chi connectivity index (χ4v) is 3.40. The van der Waals surface area contributed by atoms with Crippen LogP contribution in [0.5, 0.6) is 0 Å². The number of hydrogen-bond acceptors (Lipinski definition) is 4. The lowest BCUT2D eigenvalue weighted by atomic mass is 10.1. The molecule has 120 valence electrons. The van der Waals surface area contributed by atoms with Gasteiger partial charge in [0, 0.05) is 28.7 Å². The largest absolute Gasteiger partial charge is 0.355 e. The van der Waals surface area contributed by atoms with Crippen LogP contribution in [0.15, 0.2) is 59.1 Å². The summed E-state index contributed by atoms with van der Waals surface area (Å²) in [6, 6.07) is 18.2. The van der Waals surface area contributed by atoms with Crippen LogP contribution in [0.3, 0.4) is 0 Å². The van der Waals surface area contributed by atoms with Crippen molar-refractivity contribution in [2.45, 2.75) is 12.8 Å². The van der Waals surface area contributed by atoms with Gasteiger partial charge in [0.05, 0.1) is 0 Å². The van der Waals surface area contributed by atoms with Crippen LogP contribution in [-0.2, 0) is 0 Å². The Kier molecular flexibility index (Phi) is 4.26. The van der Waals surface area contributed by atoms with Crippen LogP contribution in [0.4, 0.5) is 5.82 Å². The Morgan fingerprint density at radius 1 is 0.833 bits per heavy atom. The Balaban J connectivity index is 1.83. The van der Waals surface area contributed by atoms with Gasteiger partial charge in [-0.3, -0.25) is 0 Å². The molecule has 2 heterocycles. The third-order valence-electron chi connectivity index (χ3n) is 4.20. The van der Waals surface area contributed by atoms with Crippen molar-refractivity contribution in [1.29, 1.82) is 0 Å². The number of nitrogens with zero attached hydrogens (tertiary/aromatic N) is 4. The van der Waals surface area contributed by atoms with Crippen molar-refractivity contribution < 1.29 is 0 Å². The lowest BCUT2D eigenvalue weighted by Gasteiger charge is -2.19. The lowest BCUT2D eigenvalue weighted by Crippen LogP contribution is -2.21. The minimum absolute atomic E-state index is 0.665. The first-order chi connectivity index (χ1) is 11.8. The highest BCUT2D eigenvalue weighted by molar-refractivity contribution is 9.10. The smallest absolute Gasteiger partial charge is 0.183 e. The topological polar surface area (TPSA) is 41.9 Å². The zero-order valence-electron chi connectivity index (χ0n) is 13.2. The molecule has 1 saturated heterocycles. The third kappa shape index (κ3) is 3.04. The molecule has 0 unspecified atom stereocenters. The van der Waals surface area contributed by atoms with E-state index in [1.54, 1.807) is 0 Å². The maximum Gasteiger partial charge on any atom is 0.183 e. The van der Waals surface area contributed by atoms with E-state index in [0.717, 1.165) is 40.2 Å². The zero-order valence-corrected chi connectivity index (χ0v) is 14.8. The van der Waals surface area contributed by atoms with E-state index in [-0.39, 0.29) is 0 Å². The van der Waals surface area contributed by atoms with Crippen molar-refractivity contribution in [2.24, 2.45) is 0 Å². The molecular weight excluding hydrogens is 364 g/mol. The lowest BCUT2D eigenvalue weighted by molar-refractivity contribution is 0.896. The van der Waals surface area contributed by atoms with E-state index in [1.807, 2.05) is 42.5 Å². The monoisotopic (exact) mass is 380 g/mol. The summed E-state index contributed by atoms with van der Waals surface area (Å²) in [7, 11) is 0. The van der Waals surface area contributed by atoms with Crippen molar-refractivity contribution in [3.8, 4) is 22.6 Å². The predicted molar refractivity (Wildman–Crippen MR) is 99.8 cm³/mol. The molecule has 0 bridgehead atoms. The van der Waals surface area contributed by atoms with Crippen LogP contribution < -0.4 is 4.90 Å². The molecule has 24 heavy (non-hydrogen) atoms. The molecule has 5 heteroatoms. The van der Waals surface area contributed by atoms with Gasteiger partial charge in [-0.25, -0.2) is 4.98 Å². The van der Waals surface area contributed by atoms with E-state index in [9.17, 15) is 0 Å². The van der Waals surface area contributed by atoms with E-state index in [2.05, 4.69) is 43.2 Å². The van der Waals surface area contributed by atoms with Gasteiger partial charge in [-0.1, -0.05) is 58.4 Å². The van der Waals surface area contributed by atoms with Gasteiger partial charge in [-0.2, -0.15) is 0 Å². The average molecular weight is 381 g/mol. The molecule has 0 saturated carbocycles. The number of benzene rings is 2. The molecule has 1 aromatic heterocycles. The molecule has 0 N–H and O–H groups in total. The quantitative estimate of drug-likeness (QED) is 0.667. The van der Waals surface area contributed by atoms with Crippen molar-refractivity contribution in [3.63, 3.8) is 0 Å². The average Bonchev–Trinajstić information content (AvgIpc) is 3.16. The van der Waals surface area contributed by atoms with Crippen molar-refractivity contribution in [1.82, 2.24) is 15.2 Å². The van der Waals surface area contributed by atoms with Crippen LogP contribution in [0.1, 0.15) is 12.8 Å². The summed E-state index contributed by atoms with van der Waals surface area (Å²) in [4.78, 5) is 7.19. The zero-order chi connectivity index (χ0) is 16.4. The Labute approximate surface area is 149 Å². The first kappa shape index (κ1) is 15.3. The van der Waals surface area contributed by atoms with E-state index < -0.39 is 0 Å². The predicted octanol–water partition coefficient (Wildman–Crippen LogP) is 4.57. The number of halogens is 1. The van der Waals surface area contributed by atoms with Crippen molar-refractivity contribution in [3.05, 3.63) is 59.1 Å². The van der Waals surface area contributed by atoms with Crippen LogP contribution in [0.25, 0.3) is 22.6 Å². The maximum atomic E-state index is 4.87. The van der Waals surface area contributed by atoms with E-state index in [1.165, 1.54) is 12.8 Å². The van der Waals surface area contributed by atoms with Gasteiger partial charge in [-0.05, 0) is 25.0 Å². The second-order valence-corrected chi connectivity index (χ2v) is 6.79.